The zero-order valence-electron chi connectivity index (χ0n) is 15.2. The first-order valence-electron chi connectivity index (χ1n) is 9.34. The molecule has 1 aliphatic rings. The SMILES string of the molecule is O=C(Nc1ccccc1)C1CCc2nc(-c3ccc(F)cc3)[nH]c(=O)c2CC1. The molecule has 1 aromatic heterocycles. The van der Waals surface area contributed by atoms with Crippen molar-refractivity contribution in [2.45, 2.75) is 25.7 Å². The lowest BCUT2D eigenvalue weighted by Gasteiger charge is -2.13. The predicted octanol–water partition coefficient (Wildman–Crippen LogP) is 3.71. The summed E-state index contributed by atoms with van der Waals surface area (Å²) in [4.78, 5) is 32.6. The minimum absolute atomic E-state index is 0.0332. The highest BCUT2D eigenvalue weighted by molar-refractivity contribution is 5.92. The molecule has 6 heteroatoms. The second-order valence-corrected chi connectivity index (χ2v) is 6.98. The molecule has 1 atom stereocenters. The van der Waals surface area contributed by atoms with Gasteiger partial charge in [0.25, 0.3) is 5.56 Å². The molecule has 1 amide bonds. The molecule has 28 heavy (non-hydrogen) atoms. The molecule has 0 saturated heterocycles. The molecule has 0 aliphatic heterocycles. The fraction of sp³-hybridized carbons (Fsp3) is 0.227. The van der Waals surface area contributed by atoms with Crippen LogP contribution >= 0.6 is 0 Å². The predicted molar refractivity (Wildman–Crippen MR) is 105 cm³/mol. The zero-order chi connectivity index (χ0) is 19.5. The van der Waals surface area contributed by atoms with Crippen LogP contribution in [-0.4, -0.2) is 15.9 Å². The van der Waals surface area contributed by atoms with Gasteiger partial charge in [0.2, 0.25) is 5.91 Å². The minimum Gasteiger partial charge on any atom is -0.326 e. The molecular weight excluding hydrogens is 357 g/mol. The number of anilines is 1. The summed E-state index contributed by atoms with van der Waals surface area (Å²) in [6.07, 6.45) is 2.30. The number of fused-ring (bicyclic) bond motifs is 1. The normalized spacial score (nSPS) is 16.1. The lowest BCUT2D eigenvalue weighted by Crippen LogP contribution is -2.23. The van der Waals surface area contributed by atoms with E-state index in [2.05, 4.69) is 15.3 Å². The van der Waals surface area contributed by atoms with E-state index in [0.717, 1.165) is 11.4 Å². The van der Waals surface area contributed by atoms with Gasteiger partial charge >= 0.3 is 0 Å². The maximum atomic E-state index is 13.2. The number of nitrogens with zero attached hydrogens (tertiary/aromatic N) is 1. The van der Waals surface area contributed by atoms with Crippen LogP contribution in [0.5, 0.6) is 0 Å². The van der Waals surface area contributed by atoms with Crippen molar-refractivity contribution in [1.82, 2.24) is 9.97 Å². The third-order valence-corrected chi connectivity index (χ3v) is 5.10. The summed E-state index contributed by atoms with van der Waals surface area (Å²) >= 11 is 0. The molecule has 0 bridgehead atoms. The number of aromatic nitrogens is 2. The van der Waals surface area contributed by atoms with Gasteiger partial charge in [-0.1, -0.05) is 18.2 Å². The van der Waals surface area contributed by atoms with Crippen LogP contribution in [0, 0.1) is 11.7 Å². The van der Waals surface area contributed by atoms with Crippen molar-refractivity contribution in [3.8, 4) is 11.4 Å². The van der Waals surface area contributed by atoms with E-state index < -0.39 is 0 Å². The van der Waals surface area contributed by atoms with Gasteiger partial charge in [-0.25, -0.2) is 9.37 Å². The van der Waals surface area contributed by atoms with E-state index >= 15 is 0 Å². The second kappa shape index (κ2) is 7.76. The number of halogens is 1. The molecule has 0 spiro atoms. The molecule has 0 fully saturated rings. The summed E-state index contributed by atoms with van der Waals surface area (Å²) in [6.45, 7) is 0. The third-order valence-electron chi connectivity index (χ3n) is 5.10. The number of hydrogen-bond acceptors (Lipinski definition) is 3. The average Bonchev–Trinajstić information content (AvgIpc) is 2.92. The van der Waals surface area contributed by atoms with Gasteiger partial charge in [-0.3, -0.25) is 9.59 Å². The van der Waals surface area contributed by atoms with Crippen LogP contribution in [0.2, 0.25) is 0 Å². The molecule has 1 unspecified atom stereocenters. The Morgan fingerprint density at radius 1 is 1.04 bits per heavy atom. The van der Waals surface area contributed by atoms with Gasteiger partial charge in [0.1, 0.15) is 11.6 Å². The van der Waals surface area contributed by atoms with Crippen LogP contribution in [0.25, 0.3) is 11.4 Å². The fourth-order valence-electron chi connectivity index (χ4n) is 3.56. The summed E-state index contributed by atoms with van der Waals surface area (Å²) in [5.41, 5.74) is 2.60. The Labute approximate surface area is 161 Å². The first-order chi connectivity index (χ1) is 13.6. The van der Waals surface area contributed by atoms with E-state index in [4.69, 9.17) is 0 Å². The standard InChI is InChI=1S/C22H20FN3O2/c23-16-10-6-14(7-11-16)20-25-19-13-9-15(8-12-18(19)22(28)26-20)21(27)24-17-4-2-1-3-5-17/h1-7,10-11,15H,8-9,12-13H2,(H,24,27)(H,25,26,28). The van der Waals surface area contributed by atoms with E-state index in [-0.39, 0.29) is 23.2 Å². The Bertz CT molecular complexity index is 1050. The highest BCUT2D eigenvalue weighted by Gasteiger charge is 2.25. The first kappa shape index (κ1) is 18.1. The van der Waals surface area contributed by atoms with Gasteiger partial charge in [0.15, 0.2) is 0 Å². The number of benzene rings is 2. The smallest absolute Gasteiger partial charge is 0.254 e. The number of para-hydroxylation sites is 1. The Hall–Kier alpha value is -3.28. The molecule has 142 valence electrons. The van der Waals surface area contributed by atoms with E-state index in [0.29, 0.717) is 42.6 Å². The summed E-state index contributed by atoms with van der Waals surface area (Å²) in [5.74, 6) is -0.124. The molecule has 3 aromatic rings. The zero-order valence-corrected chi connectivity index (χ0v) is 15.2. The van der Waals surface area contributed by atoms with Crippen LogP contribution in [0.3, 0.4) is 0 Å². The fourth-order valence-corrected chi connectivity index (χ4v) is 3.56. The quantitative estimate of drug-likeness (QED) is 0.684. The van der Waals surface area contributed by atoms with Crippen molar-refractivity contribution in [3.63, 3.8) is 0 Å². The molecule has 4 rings (SSSR count). The average molecular weight is 377 g/mol. The van der Waals surface area contributed by atoms with Gasteiger partial charge in [-0.05, 0) is 62.1 Å². The minimum atomic E-state index is -0.340. The maximum Gasteiger partial charge on any atom is 0.254 e. The molecule has 0 saturated carbocycles. The number of aryl methyl sites for hydroxylation is 1. The molecule has 2 aromatic carbocycles. The number of amides is 1. The number of H-pyrrole nitrogens is 1. The number of rotatable bonds is 3. The lowest BCUT2D eigenvalue weighted by atomic mass is 9.98. The molecule has 1 aliphatic carbocycles. The number of hydrogen-bond donors (Lipinski definition) is 2. The monoisotopic (exact) mass is 377 g/mol. The van der Waals surface area contributed by atoms with Crippen LogP contribution in [0.1, 0.15) is 24.1 Å². The highest BCUT2D eigenvalue weighted by atomic mass is 19.1. The van der Waals surface area contributed by atoms with E-state index in [1.807, 2.05) is 30.3 Å². The van der Waals surface area contributed by atoms with E-state index in [9.17, 15) is 14.0 Å². The lowest BCUT2D eigenvalue weighted by molar-refractivity contribution is -0.120. The van der Waals surface area contributed by atoms with Crippen LogP contribution in [-0.2, 0) is 17.6 Å². The first-order valence-corrected chi connectivity index (χ1v) is 9.34. The highest BCUT2D eigenvalue weighted by Crippen LogP contribution is 2.24. The molecule has 2 N–H and O–H groups in total. The maximum absolute atomic E-state index is 13.2. The van der Waals surface area contributed by atoms with Crippen molar-refractivity contribution in [2.75, 3.05) is 5.32 Å². The van der Waals surface area contributed by atoms with Crippen molar-refractivity contribution in [2.24, 2.45) is 5.92 Å². The molecule has 5 nitrogen and oxygen atoms in total. The van der Waals surface area contributed by atoms with Crippen molar-refractivity contribution in [1.29, 1.82) is 0 Å². The van der Waals surface area contributed by atoms with Gasteiger partial charge in [0, 0.05) is 22.7 Å². The number of carbonyl (C=O) groups is 1. The largest absolute Gasteiger partial charge is 0.326 e. The number of carbonyl (C=O) groups excluding carboxylic acids is 1. The van der Waals surface area contributed by atoms with E-state index in [1.54, 1.807) is 12.1 Å². The van der Waals surface area contributed by atoms with Gasteiger partial charge in [-0.15, -0.1) is 0 Å². The second-order valence-electron chi connectivity index (χ2n) is 6.98. The topological polar surface area (TPSA) is 74.8 Å². The van der Waals surface area contributed by atoms with Gasteiger partial charge < -0.3 is 10.3 Å². The number of nitrogens with one attached hydrogen (secondary N) is 2. The number of aromatic amines is 1. The summed E-state index contributed by atoms with van der Waals surface area (Å²) in [7, 11) is 0. The van der Waals surface area contributed by atoms with Gasteiger partial charge in [0.05, 0.1) is 5.69 Å². The van der Waals surface area contributed by atoms with Crippen LogP contribution in [0.15, 0.2) is 59.4 Å². The summed E-state index contributed by atoms with van der Waals surface area (Å²) < 4.78 is 13.2. The molecule has 1 heterocycles. The molecule has 0 radical (unpaired) electrons. The summed E-state index contributed by atoms with van der Waals surface area (Å²) in [6, 6.07) is 15.2. The van der Waals surface area contributed by atoms with Crippen molar-refractivity contribution >= 4 is 11.6 Å². The van der Waals surface area contributed by atoms with Crippen LogP contribution in [0.4, 0.5) is 10.1 Å². The molecular formula is C22H20FN3O2. The summed E-state index contributed by atoms with van der Waals surface area (Å²) in [5, 5.41) is 2.94. The third kappa shape index (κ3) is 3.86. The van der Waals surface area contributed by atoms with Gasteiger partial charge in [-0.2, -0.15) is 0 Å². The van der Waals surface area contributed by atoms with Crippen molar-refractivity contribution in [3.05, 3.63) is 82.0 Å². The Morgan fingerprint density at radius 3 is 2.50 bits per heavy atom. The van der Waals surface area contributed by atoms with Crippen molar-refractivity contribution < 1.29 is 9.18 Å². The Morgan fingerprint density at radius 2 is 1.75 bits per heavy atom. The van der Waals surface area contributed by atoms with Crippen LogP contribution < -0.4 is 10.9 Å². The Kier molecular flexibility index (Phi) is 5.02. The van der Waals surface area contributed by atoms with E-state index in [1.165, 1.54) is 12.1 Å². The Balaban J connectivity index is 1.54.